The number of phenolic OH excluding ortho intramolecular Hbond substituents is 2. The summed E-state index contributed by atoms with van der Waals surface area (Å²) >= 11 is 1.65. The first-order valence-corrected chi connectivity index (χ1v) is 11.9. The lowest BCUT2D eigenvalue weighted by Crippen LogP contribution is -2.35. The number of fused-ring (bicyclic) bond motifs is 3. The third-order valence-electron chi connectivity index (χ3n) is 5.87. The van der Waals surface area contributed by atoms with Gasteiger partial charge in [-0.2, -0.15) is 0 Å². The topological polar surface area (TPSA) is 95.8 Å². The van der Waals surface area contributed by atoms with E-state index in [0.29, 0.717) is 31.9 Å². The van der Waals surface area contributed by atoms with Crippen LogP contribution in [-0.4, -0.2) is 44.1 Å². The molecule has 0 saturated heterocycles. The van der Waals surface area contributed by atoms with E-state index < -0.39 is 0 Å². The van der Waals surface area contributed by atoms with Crippen LogP contribution >= 0.6 is 11.3 Å². The number of amides is 1. The Balaban J connectivity index is 1.63. The molecule has 0 bridgehead atoms. The first-order valence-electron chi connectivity index (χ1n) is 11.1. The van der Waals surface area contributed by atoms with Gasteiger partial charge in [-0.15, -0.1) is 11.3 Å². The van der Waals surface area contributed by atoms with E-state index in [1.54, 1.807) is 28.6 Å². The molecular weight excluding hydrogens is 426 g/mol. The van der Waals surface area contributed by atoms with Crippen LogP contribution in [0.4, 0.5) is 0 Å². The number of aromatic hydroxyl groups is 2. The van der Waals surface area contributed by atoms with Crippen molar-refractivity contribution in [1.29, 1.82) is 0 Å². The summed E-state index contributed by atoms with van der Waals surface area (Å²) in [4.78, 5) is 26.1. The van der Waals surface area contributed by atoms with Crippen LogP contribution in [0, 0.1) is 0 Å². The molecule has 3 aromatic rings. The molecular formula is C24H29N3O4S. The zero-order valence-corrected chi connectivity index (χ0v) is 19.5. The fraction of sp³-hybridized carbons (Fsp3) is 0.458. The summed E-state index contributed by atoms with van der Waals surface area (Å²) in [6, 6.07) is 2.87. The van der Waals surface area contributed by atoms with Crippen LogP contribution in [0.1, 0.15) is 71.6 Å². The van der Waals surface area contributed by atoms with Gasteiger partial charge in [-0.1, -0.05) is 27.2 Å². The molecule has 0 radical (unpaired) electrons. The fourth-order valence-electron chi connectivity index (χ4n) is 4.07. The minimum absolute atomic E-state index is 0.00340. The number of hydrogen-bond donors (Lipinski definition) is 2. The van der Waals surface area contributed by atoms with E-state index in [0.717, 1.165) is 40.7 Å². The number of thiophene rings is 1. The van der Waals surface area contributed by atoms with E-state index in [4.69, 9.17) is 4.74 Å². The first kappa shape index (κ1) is 22.5. The van der Waals surface area contributed by atoms with Crippen molar-refractivity contribution in [2.45, 2.75) is 59.1 Å². The fourth-order valence-corrected chi connectivity index (χ4v) is 5.23. The molecule has 170 valence electrons. The van der Waals surface area contributed by atoms with Gasteiger partial charge in [0.25, 0.3) is 5.91 Å². The summed E-state index contributed by atoms with van der Waals surface area (Å²) in [6.07, 6.45) is 4.39. The van der Waals surface area contributed by atoms with E-state index in [2.05, 4.69) is 16.9 Å². The predicted molar refractivity (Wildman–Crippen MR) is 124 cm³/mol. The SMILES string of the molecule is CCCCOCc1ncnc2sc3c(c12)CN(C(=O)c1cc(C(C)C)c(O)cc1O)CC3. The van der Waals surface area contributed by atoms with Crippen molar-refractivity contribution in [3.05, 3.63) is 45.7 Å². The van der Waals surface area contributed by atoms with Crippen molar-refractivity contribution >= 4 is 27.5 Å². The zero-order chi connectivity index (χ0) is 22.8. The summed E-state index contributed by atoms with van der Waals surface area (Å²) in [6.45, 7) is 8.11. The number of hydrogen-bond acceptors (Lipinski definition) is 7. The maximum absolute atomic E-state index is 13.3. The van der Waals surface area contributed by atoms with Crippen LogP contribution < -0.4 is 0 Å². The minimum atomic E-state index is -0.244. The summed E-state index contributed by atoms with van der Waals surface area (Å²) in [7, 11) is 0. The number of carbonyl (C=O) groups is 1. The van der Waals surface area contributed by atoms with Crippen LogP contribution in [0.25, 0.3) is 10.2 Å². The van der Waals surface area contributed by atoms with Crippen molar-refractivity contribution in [2.75, 3.05) is 13.2 Å². The highest BCUT2D eigenvalue weighted by atomic mass is 32.1. The van der Waals surface area contributed by atoms with E-state index in [1.807, 2.05) is 13.8 Å². The second-order valence-corrected chi connectivity index (χ2v) is 9.55. The lowest BCUT2D eigenvalue weighted by molar-refractivity contribution is 0.0733. The Kier molecular flexibility index (Phi) is 6.62. The van der Waals surface area contributed by atoms with Crippen molar-refractivity contribution in [3.63, 3.8) is 0 Å². The molecule has 1 aliphatic rings. The molecule has 2 N–H and O–H groups in total. The van der Waals surface area contributed by atoms with Crippen molar-refractivity contribution in [2.24, 2.45) is 0 Å². The average molecular weight is 456 g/mol. The number of unbranched alkanes of at least 4 members (excludes halogenated alkanes) is 1. The second-order valence-electron chi connectivity index (χ2n) is 8.47. The molecule has 2 aromatic heterocycles. The number of phenols is 2. The smallest absolute Gasteiger partial charge is 0.257 e. The molecule has 0 saturated carbocycles. The maximum atomic E-state index is 13.3. The molecule has 3 heterocycles. The molecule has 7 nitrogen and oxygen atoms in total. The summed E-state index contributed by atoms with van der Waals surface area (Å²) < 4.78 is 5.81. The quantitative estimate of drug-likeness (QED) is 0.500. The number of carbonyl (C=O) groups excluding carboxylic acids is 1. The van der Waals surface area contributed by atoms with Crippen molar-refractivity contribution < 1.29 is 19.7 Å². The van der Waals surface area contributed by atoms with Crippen LogP contribution in [0.5, 0.6) is 11.5 Å². The summed E-state index contributed by atoms with van der Waals surface area (Å²) in [5.41, 5.74) is 2.78. The van der Waals surface area contributed by atoms with Gasteiger partial charge in [-0.25, -0.2) is 9.97 Å². The Morgan fingerprint density at radius 3 is 2.81 bits per heavy atom. The Labute approximate surface area is 191 Å². The number of nitrogens with zero attached hydrogens (tertiary/aromatic N) is 3. The van der Waals surface area contributed by atoms with Gasteiger partial charge in [0.2, 0.25) is 0 Å². The van der Waals surface area contributed by atoms with Crippen molar-refractivity contribution in [1.82, 2.24) is 14.9 Å². The minimum Gasteiger partial charge on any atom is -0.508 e. The highest BCUT2D eigenvalue weighted by Gasteiger charge is 2.29. The normalized spacial score (nSPS) is 13.7. The molecule has 0 spiro atoms. The van der Waals surface area contributed by atoms with Crippen LogP contribution in [0.3, 0.4) is 0 Å². The molecule has 32 heavy (non-hydrogen) atoms. The second kappa shape index (κ2) is 9.42. The van der Waals surface area contributed by atoms with Gasteiger partial charge < -0.3 is 19.8 Å². The molecule has 0 fully saturated rings. The standard InChI is InChI=1S/C24H29N3O4S/c1-4-5-8-31-12-18-22-17-11-27(7-6-21(17)32-23(22)26-13-25-18)24(30)16-9-15(14(2)3)19(28)10-20(16)29/h9-10,13-14,28-29H,4-8,11-12H2,1-3H3. The Morgan fingerprint density at radius 1 is 1.25 bits per heavy atom. The van der Waals surface area contributed by atoms with Gasteiger partial charge in [0.15, 0.2) is 0 Å². The van der Waals surface area contributed by atoms with Crippen molar-refractivity contribution in [3.8, 4) is 11.5 Å². The zero-order valence-electron chi connectivity index (χ0n) is 18.7. The van der Waals surface area contributed by atoms with Crippen LogP contribution in [0.15, 0.2) is 18.5 Å². The van der Waals surface area contributed by atoms with E-state index in [1.165, 1.54) is 10.9 Å². The van der Waals surface area contributed by atoms with Gasteiger partial charge in [0.1, 0.15) is 22.7 Å². The molecule has 0 atom stereocenters. The molecule has 8 heteroatoms. The molecule has 0 aliphatic carbocycles. The predicted octanol–water partition coefficient (Wildman–Crippen LogP) is 4.74. The number of rotatable bonds is 7. The Morgan fingerprint density at radius 2 is 2.06 bits per heavy atom. The molecule has 1 amide bonds. The monoisotopic (exact) mass is 455 g/mol. The lowest BCUT2D eigenvalue weighted by Gasteiger charge is -2.28. The summed E-state index contributed by atoms with van der Waals surface area (Å²) in [5, 5.41) is 21.5. The molecule has 1 aliphatic heterocycles. The van der Waals surface area contributed by atoms with Gasteiger partial charge in [0.05, 0.1) is 17.9 Å². The molecule has 4 rings (SSSR count). The molecule has 0 unspecified atom stereocenters. The largest absolute Gasteiger partial charge is 0.508 e. The Hall–Kier alpha value is -2.71. The highest BCUT2D eigenvalue weighted by Crippen LogP contribution is 2.37. The first-order chi connectivity index (χ1) is 15.4. The Bertz CT molecular complexity index is 1140. The number of aromatic nitrogens is 2. The average Bonchev–Trinajstić information content (AvgIpc) is 3.14. The maximum Gasteiger partial charge on any atom is 0.257 e. The third kappa shape index (κ3) is 4.29. The van der Waals surface area contributed by atoms with Crippen LogP contribution in [-0.2, 0) is 24.3 Å². The van der Waals surface area contributed by atoms with E-state index in [9.17, 15) is 15.0 Å². The van der Waals surface area contributed by atoms with Gasteiger partial charge in [0, 0.05) is 36.0 Å². The highest BCUT2D eigenvalue weighted by molar-refractivity contribution is 7.18. The van der Waals surface area contributed by atoms with Gasteiger partial charge in [-0.3, -0.25) is 4.79 Å². The number of benzene rings is 1. The van der Waals surface area contributed by atoms with Crippen LogP contribution in [0.2, 0.25) is 0 Å². The van der Waals surface area contributed by atoms with Gasteiger partial charge in [-0.05, 0) is 36.0 Å². The molecule has 1 aromatic carbocycles. The lowest BCUT2D eigenvalue weighted by atomic mass is 9.97. The van der Waals surface area contributed by atoms with E-state index >= 15 is 0 Å². The number of ether oxygens (including phenoxy) is 1. The third-order valence-corrected chi connectivity index (χ3v) is 7.07. The summed E-state index contributed by atoms with van der Waals surface area (Å²) in [5.74, 6) is -0.412. The van der Waals surface area contributed by atoms with E-state index in [-0.39, 0.29) is 28.9 Å². The van der Waals surface area contributed by atoms with Gasteiger partial charge >= 0.3 is 0 Å².